The summed E-state index contributed by atoms with van der Waals surface area (Å²) >= 11 is 6.25. The van der Waals surface area contributed by atoms with Crippen LogP contribution in [0.3, 0.4) is 0 Å². The molecule has 0 saturated heterocycles. The van der Waals surface area contributed by atoms with E-state index in [9.17, 15) is 31.6 Å². The normalized spacial score (nSPS) is 11.9. The van der Waals surface area contributed by atoms with Crippen LogP contribution in [0.2, 0.25) is 5.02 Å². The van der Waals surface area contributed by atoms with Gasteiger partial charge < -0.3 is 5.73 Å². The SMILES string of the molecule is N#Cc1c(-c2ccccc2Cl)c(CC(N)=O)cc(S(N)(=O)=O)c1-n1cc(C(F)(F)F)cn1. The highest BCUT2D eigenvalue weighted by Gasteiger charge is 2.34. The van der Waals surface area contributed by atoms with Gasteiger partial charge in [0, 0.05) is 22.3 Å². The van der Waals surface area contributed by atoms with E-state index in [1.54, 1.807) is 18.2 Å². The minimum absolute atomic E-state index is 0.00174. The number of amides is 1. The van der Waals surface area contributed by atoms with E-state index in [1.807, 2.05) is 0 Å². The van der Waals surface area contributed by atoms with Crippen LogP contribution in [0.4, 0.5) is 13.2 Å². The van der Waals surface area contributed by atoms with Crippen LogP contribution in [0.5, 0.6) is 0 Å². The number of nitriles is 1. The maximum Gasteiger partial charge on any atom is 0.419 e. The summed E-state index contributed by atoms with van der Waals surface area (Å²) in [6.45, 7) is 0. The molecule has 13 heteroatoms. The molecule has 0 aliphatic heterocycles. The van der Waals surface area contributed by atoms with Crippen LogP contribution in [0.1, 0.15) is 16.7 Å². The van der Waals surface area contributed by atoms with E-state index in [2.05, 4.69) is 5.10 Å². The minimum Gasteiger partial charge on any atom is -0.369 e. The Morgan fingerprint density at radius 3 is 2.44 bits per heavy atom. The quantitative estimate of drug-likeness (QED) is 0.573. The Bertz CT molecular complexity index is 1380. The van der Waals surface area contributed by atoms with Crippen LogP contribution < -0.4 is 10.9 Å². The fourth-order valence-corrected chi connectivity index (χ4v) is 4.15. The predicted molar refractivity (Wildman–Crippen MR) is 108 cm³/mol. The standard InChI is InChI=1S/C19H13ClF3N5O3S/c20-14-4-2-1-3-12(14)17-10(6-16(25)29)5-15(32(26,30)31)18(13(17)7-24)28-9-11(8-27-28)19(21,22)23/h1-5,8-9H,6H2,(H2,25,29)(H2,26,30,31). The minimum atomic E-state index is -4.77. The van der Waals surface area contributed by atoms with Crippen LogP contribution in [0.25, 0.3) is 16.8 Å². The maximum absolute atomic E-state index is 13.1. The Morgan fingerprint density at radius 2 is 1.94 bits per heavy atom. The Hall–Kier alpha value is -3.40. The van der Waals surface area contributed by atoms with Crippen molar-refractivity contribution in [1.29, 1.82) is 5.26 Å². The number of benzene rings is 2. The second-order valence-corrected chi connectivity index (χ2v) is 8.52. The van der Waals surface area contributed by atoms with Crippen LogP contribution in [-0.4, -0.2) is 24.1 Å². The monoisotopic (exact) mass is 483 g/mol. The number of sulfonamides is 1. The highest BCUT2D eigenvalue weighted by atomic mass is 35.5. The van der Waals surface area contributed by atoms with Gasteiger partial charge in [-0.2, -0.15) is 23.5 Å². The Kier molecular flexibility index (Phi) is 6.01. The van der Waals surface area contributed by atoms with Crippen molar-refractivity contribution in [2.45, 2.75) is 17.5 Å². The number of primary amides is 1. The average Bonchev–Trinajstić information content (AvgIpc) is 3.17. The Balaban J connectivity index is 2.52. The van der Waals surface area contributed by atoms with E-state index in [4.69, 9.17) is 22.5 Å². The van der Waals surface area contributed by atoms with Crippen molar-refractivity contribution < 1.29 is 26.4 Å². The van der Waals surface area contributed by atoms with Crippen LogP contribution in [-0.2, 0) is 27.4 Å². The summed E-state index contributed by atoms with van der Waals surface area (Å²) in [4.78, 5) is 10.9. The molecule has 166 valence electrons. The van der Waals surface area contributed by atoms with Gasteiger partial charge in [-0.1, -0.05) is 29.8 Å². The summed E-state index contributed by atoms with van der Waals surface area (Å²) in [5.41, 5.74) is 3.42. The summed E-state index contributed by atoms with van der Waals surface area (Å²) in [7, 11) is -4.59. The Morgan fingerprint density at radius 1 is 1.28 bits per heavy atom. The summed E-state index contributed by atoms with van der Waals surface area (Å²) in [6.07, 6.45) is -4.27. The maximum atomic E-state index is 13.1. The molecule has 0 bridgehead atoms. The third-order valence-corrected chi connectivity index (χ3v) is 5.67. The molecule has 0 saturated carbocycles. The topological polar surface area (TPSA) is 145 Å². The second kappa shape index (κ2) is 8.27. The van der Waals surface area contributed by atoms with Crippen molar-refractivity contribution in [2.75, 3.05) is 0 Å². The van der Waals surface area contributed by atoms with E-state index in [1.165, 1.54) is 12.1 Å². The fourth-order valence-electron chi connectivity index (χ4n) is 3.14. The number of nitrogens with zero attached hydrogens (tertiary/aromatic N) is 3. The second-order valence-electron chi connectivity index (χ2n) is 6.58. The number of nitrogens with two attached hydrogens (primary N) is 2. The van der Waals surface area contributed by atoms with Gasteiger partial charge >= 0.3 is 6.18 Å². The molecule has 1 aromatic heterocycles. The van der Waals surface area contributed by atoms with Crippen molar-refractivity contribution in [3.8, 4) is 22.9 Å². The van der Waals surface area contributed by atoms with Crippen LogP contribution in [0, 0.1) is 11.3 Å². The van der Waals surface area contributed by atoms with Crippen LogP contribution >= 0.6 is 11.6 Å². The lowest BCUT2D eigenvalue weighted by Gasteiger charge is -2.19. The van der Waals surface area contributed by atoms with Gasteiger partial charge in [-0.3, -0.25) is 4.79 Å². The van der Waals surface area contributed by atoms with Crippen molar-refractivity contribution >= 4 is 27.5 Å². The molecule has 3 aromatic rings. The first-order valence-electron chi connectivity index (χ1n) is 8.62. The number of carbonyl (C=O) groups excluding carboxylic acids is 1. The molecule has 32 heavy (non-hydrogen) atoms. The van der Waals surface area contributed by atoms with Gasteiger partial charge in [0.25, 0.3) is 0 Å². The number of carbonyl (C=O) groups is 1. The van der Waals surface area contributed by atoms with E-state index in [-0.39, 0.29) is 21.7 Å². The van der Waals surface area contributed by atoms with Crippen molar-refractivity contribution in [2.24, 2.45) is 10.9 Å². The molecule has 0 spiro atoms. The zero-order chi connectivity index (χ0) is 23.8. The molecule has 4 N–H and O–H groups in total. The smallest absolute Gasteiger partial charge is 0.369 e. The fraction of sp³-hybridized carbons (Fsp3) is 0.105. The van der Waals surface area contributed by atoms with Crippen molar-refractivity contribution in [3.05, 3.63) is 64.4 Å². The molecule has 0 unspecified atom stereocenters. The number of rotatable bonds is 5. The van der Waals surface area contributed by atoms with Gasteiger partial charge in [-0.15, -0.1) is 0 Å². The van der Waals surface area contributed by atoms with E-state index in [0.29, 0.717) is 17.1 Å². The van der Waals surface area contributed by atoms with Gasteiger partial charge in [0.15, 0.2) is 0 Å². The van der Waals surface area contributed by atoms with Gasteiger partial charge in [0.05, 0.1) is 23.7 Å². The molecule has 0 aliphatic rings. The lowest BCUT2D eigenvalue weighted by Crippen LogP contribution is -2.20. The summed E-state index contributed by atoms with van der Waals surface area (Å²) < 4.78 is 64.5. The first-order valence-corrected chi connectivity index (χ1v) is 10.5. The lowest BCUT2D eigenvalue weighted by atomic mass is 9.91. The summed E-state index contributed by atoms with van der Waals surface area (Å²) in [5.74, 6) is -0.853. The zero-order valence-electron chi connectivity index (χ0n) is 15.9. The van der Waals surface area contributed by atoms with Crippen molar-refractivity contribution in [3.63, 3.8) is 0 Å². The van der Waals surface area contributed by atoms with Gasteiger partial charge in [0.2, 0.25) is 15.9 Å². The molecule has 0 fully saturated rings. The molecule has 8 nitrogen and oxygen atoms in total. The highest BCUT2D eigenvalue weighted by Crippen LogP contribution is 2.39. The molecule has 3 rings (SSSR count). The van der Waals surface area contributed by atoms with Crippen LogP contribution in [0.15, 0.2) is 47.6 Å². The first-order chi connectivity index (χ1) is 14.8. The van der Waals surface area contributed by atoms with E-state index in [0.717, 1.165) is 6.07 Å². The molecular formula is C19H13ClF3N5O3S. The van der Waals surface area contributed by atoms with Gasteiger partial charge in [-0.05, 0) is 17.7 Å². The number of primary sulfonamides is 1. The number of halogens is 4. The molecule has 1 amide bonds. The summed E-state index contributed by atoms with van der Waals surface area (Å²) in [5, 5.41) is 18.9. The molecule has 0 aliphatic carbocycles. The molecule has 2 aromatic carbocycles. The third kappa shape index (κ3) is 4.45. The third-order valence-electron chi connectivity index (χ3n) is 4.41. The average molecular weight is 484 g/mol. The molecule has 1 heterocycles. The van der Waals surface area contributed by atoms with Gasteiger partial charge in [-0.25, -0.2) is 18.2 Å². The molecule has 0 radical (unpaired) electrons. The van der Waals surface area contributed by atoms with Crippen molar-refractivity contribution in [1.82, 2.24) is 9.78 Å². The summed E-state index contributed by atoms with van der Waals surface area (Å²) in [6, 6.07) is 8.90. The number of hydrogen-bond donors (Lipinski definition) is 2. The lowest BCUT2D eigenvalue weighted by molar-refractivity contribution is -0.137. The first kappa shape index (κ1) is 23.3. The number of aromatic nitrogens is 2. The predicted octanol–water partition coefficient (Wildman–Crippen LogP) is 2.76. The van der Waals surface area contributed by atoms with E-state index < -0.39 is 50.2 Å². The zero-order valence-corrected chi connectivity index (χ0v) is 17.5. The van der Waals surface area contributed by atoms with E-state index >= 15 is 0 Å². The Labute approximate surface area is 184 Å². The molecular weight excluding hydrogens is 471 g/mol. The largest absolute Gasteiger partial charge is 0.419 e. The van der Waals surface area contributed by atoms with Gasteiger partial charge in [0.1, 0.15) is 16.7 Å². The highest BCUT2D eigenvalue weighted by molar-refractivity contribution is 7.89. The number of hydrogen-bond acceptors (Lipinski definition) is 5. The molecule has 0 atom stereocenters. The number of alkyl halides is 3.